The topological polar surface area (TPSA) is 71.3 Å². The van der Waals surface area contributed by atoms with Gasteiger partial charge in [-0.3, -0.25) is 0 Å². The number of nitrogens with one attached hydrogen (secondary N) is 2. The lowest BCUT2D eigenvalue weighted by Gasteiger charge is -2.10. The smallest absolute Gasteiger partial charge is 0.244 e. The summed E-state index contributed by atoms with van der Waals surface area (Å²) in [6.45, 7) is 5.73. The first-order valence-electron chi connectivity index (χ1n) is 7.44. The molecule has 1 aliphatic rings. The Hall–Kier alpha value is -0.500. The normalized spacial score (nSPS) is 19.2. The van der Waals surface area contributed by atoms with E-state index < -0.39 is 10.0 Å². The molecule has 1 aromatic rings. The van der Waals surface area contributed by atoms with Crippen molar-refractivity contribution >= 4 is 21.8 Å². The van der Waals surface area contributed by atoms with Crippen LogP contribution in [0.4, 0.5) is 0 Å². The highest BCUT2D eigenvalue weighted by Gasteiger charge is 2.24. The number of aryl methyl sites for hydroxylation is 1. The first-order valence-corrected chi connectivity index (χ1v) is 9.97. The molecular formula is C14H24N2O3S2. The molecule has 0 aromatic carbocycles. The van der Waals surface area contributed by atoms with Crippen molar-refractivity contribution < 1.29 is 12.8 Å². The third-order valence-corrected chi connectivity index (χ3v) is 6.39. The van der Waals surface area contributed by atoms with E-state index in [4.69, 9.17) is 4.42 Å². The fourth-order valence-electron chi connectivity index (χ4n) is 2.35. The predicted octanol–water partition coefficient (Wildman–Crippen LogP) is 2.26. The van der Waals surface area contributed by atoms with Gasteiger partial charge in [-0.25, -0.2) is 13.1 Å². The highest BCUT2D eigenvalue weighted by molar-refractivity contribution is 8.00. The minimum atomic E-state index is -3.47. The molecule has 0 saturated carbocycles. The van der Waals surface area contributed by atoms with Crippen LogP contribution < -0.4 is 10.0 Å². The first-order chi connectivity index (χ1) is 10.0. The third-order valence-electron chi connectivity index (χ3n) is 3.46. The highest BCUT2D eigenvalue weighted by atomic mass is 32.2. The monoisotopic (exact) mass is 332 g/mol. The van der Waals surface area contributed by atoms with Gasteiger partial charge in [0.1, 0.15) is 16.4 Å². The second-order valence-corrected chi connectivity index (χ2v) is 8.44. The molecular weight excluding hydrogens is 308 g/mol. The van der Waals surface area contributed by atoms with E-state index in [9.17, 15) is 8.42 Å². The van der Waals surface area contributed by atoms with Gasteiger partial charge in [-0.05, 0) is 38.5 Å². The first kappa shape index (κ1) is 16.9. The number of hydrogen-bond acceptors (Lipinski definition) is 5. The summed E-state index contributed by atoms with van der Waals surface area (Å²) in [5, 5.41) is 3.61. The third kappa shape index (κ3) is 4.74. The molecule has 0 amide bonds. The summed E-state index contributed by atoms with van der Waals surface area (Å²) in [5.74, 6) is 2.25. The molecule has 1 saturated heterocycles. The van der Waals surface area contributed by atoms with Gasteiger partial charge in [0.2, 0.25) is 10.0 Å². The van der Waals surface area contributed by atoms with Gasteiger partial charge in [0.25, 0.3) is 0 Å². The van der Waals surface area contributed by atoms with Gasteiger partial charge in [-0.15, -0.1) is 0 Å². The second-order valence-electron chi connectivity index (χ2n) is 5.30. The Morgan fingerprint density at radius 1 is 1.48 bits per heavy atom. The van der Waals surface area contributed by atoms with Crippen LogP contribution in [0.5, 0.6) is 0 Å². The number of furan rings is 1. The van der Waals surface area contributed by atoms with Crippen molar-refractivity contribution in [2.24, 2.45) is 0 Å². The van der Waals surface area contributed by atoms with Crippen molar-refractivity contribution in [3.8, 4) is 0 Å². The molecule has 7 heteroatoms. The average Bonchev–Trinajstić information content (AvgIpc) is 3.07. The van der Waals surface area contributed by atoms with Crippen LogP contribution in [0.2, 0.25) is 0 Å². The van der Waals surface area contributed by atoms with E-state index in [1.807, 2.05) is 11.8 Å². The fraction of sp³-hybridized carbons (Fsp3) is 0.714. The SMILES string of the molecule is CCCNCc1cc(S(=O)(=O)NCC2CCCS2)c(C)o1. The molecule has 1 aliphatic heterocycles. The zero-order valence-electron chi connectivity index (χ0n) is 12.6. The molecule has 1 unspecified atom stereocenters. The van der Waals surface area contributed by atoms with Gasteiger partial charge in [0.15, 0.2) is 0 Å². The summed E-state index contributed by atoms with van der Waals surface area (Å²) in [5.41, 5.74) is 0. The van der Waals surface area contributed by atoms with Crippen molar-refractivity contribution in [1.82, 2.24) is 10.0 Å². The molecule has 5 nitrogen and oxygen atoms in total. The van der Waals surface area contributed by atoms with Crippen molar-refractivity contribution in [3.63, 3.8) is 0 Å². The van der Waals surface area contributed by atoms with Gasteiger partial charge < -0.3 is 9.73 Å². The van der Waals surface area contributed by atoms with Gasteiger partial charge in [-0.2, -0.15) is 11.8 Å². The number of thioether (sulfide) groups is 1. The molecule has 0 spiro atoms. The predicted molar refractivity (Wildman–Crippen MR) is 86.1 cm³/mol. The van der Waals surface area contributed by atoms with E-state index in [0.29, 0.717) is 29.9 Å². The Bertz CT molecular complexity index is 549. The molecule has 0 radical (unpaired) electrons. The zero-order chi connectivity index (χ0) is 15.3. The van der Waals surface area contributed by atoms with Crippen LogP contribution in [-0.4, -0.2) is 32.5 Å². The van der Waals surface area contributed by atoms with Crippen molar-refractivity contribution in [1.29, 1.82) is 0 Å². The molecule has 0 aliphatic carbocycles. The lowest BCUT2D eigenvalue weighted by molar-refractivity contribution is 0.457. The molecule has 2 rings (SSSR count). The Morgan fingerprint density at radius 2 is 2.29 bits per heavy atom. The zero-order valence-corrected chi connectivity index (χ0v) is 14.3. The summed E-state index contributed by atoms with van der Waals surface area (Å²) in [6.07, 6.45) is 3.30. The van der Waals surface area contributed by atoms with E-state index in [2.05, 4.69) is 17.0 Å². The molecule has 21 heavy (non-hydrogen) atoms. The molecule has 2 N–H and O–H groups in total. The largest absolute Gasteiger partial charge is 0.464 e. The van der Waals surface area contributed by atoms with E-state index in [-0.39, 0.29) is 4.90 Å². The summed E-state index contributed by atoms with van der Waals surface area (Å²) in [4.78, 5) is 0.263. The van der Waals surface area contributed by atoms with Crippen LogP contribution in [0.1, 0.15) is 37.7 Å². The Morgan fingerprint density at radius 3 is 2.95 bits per heavy atom. The minimum Gasteiger partial charge on any atom is -0.464 e. The van der Waals surface area contributed by atoms with Crippen LogP contribution in [0, 0.1) is 6.92 Å². The Kier molecular flexibility index (Phi) is 6.16. The summed E-state index contributed by atoms with van der Waals surface area (Å²) < 4.78 is 32.9. The Balaban J connectivity index is 1.97. The van der Waals surface area contributed by atoms with Crippen molar-refractivity contribution in [2.45, 2.75) is 49.8 Å². The summed E-state index contributed by atoms with van der Waals surface area (Å²) in [6, 6.07) is 1.63. The maximum absolute atomic E-state index is 12.4. The molecule has 0 bridgehead atoms. The van der Waals surface area contributed by atoms with E-state index >= 15 is 0 Å². The van der Waals surface area contributed by atoms with Crippen molar-refractivity contribution in [3.05, 3.63) is 17.6 Å². The summed E-state index contributed by atoms with van der Waals surface area (Å²) in [7, 11) is -3.47. The van der Waals surface area contributed by atoms with Crippen LogP contribution in [0.25, 0.3) is 0 Å². The van der Waals surface area contributed by atoms with Gasteiger partial charge in [-0.1, -0.05) is 6.92 Å². The average molecular weight is 332 g/mol. The number of hydrogen-bond donors (Lipinski definition) is 2. The van der Waals surface area contributed by atoms with Gasteiger partial charge in [0.05, 0.1) is 6.54 Å². The fourth-order valence-corrected chi connectivity index (χ4v) is 4.94. The van der Waals surface area contributed by atoms with Crippen LogP contribution in [-0.2, 0) is 16.6 Å². The molecule has 1 atom stereocenters. The lowest BCUT2D eigenvalue weighted by atomic mass is 10.2. The van der Waals surface area contributed by atoms with Gasteiger partial charge >= 0.3 is 0 Å². The van der Waals surface area contributed by atoms with Gasteiger partial charge in [0, 0.05) is 17.9 Å². The second kappa shape index (κ2) is 7.67. The number of rotatable bonds is 8. The van der Waals surface area contributed by atoms with Crippen LogP contribution >= 0.6 is 11.8 Å². The maximum Gasteiger partial charge on any atom is 0.244 e. The molecule has 1 fully saturated rings. The molecule has 2 heterocycles. The van der Waals surface area contributed by atoms with Crippen molar-refractivity contribution in [2.75, 3.05) is 18.8 Å². The lowest BCUT2D eigenvalue weighted by Crippen LogP contribution is -2.30. The van der Waals surface area contributed by atoms with Crippen LogP contribution in [0.3, 0.4) is 0 Å². The van der Waals surface area contributed by atoms with E-state index in [1.54, 1.807) is 13.0 Å². The standard InChI is InChI=1S/C14H24N2O3S2/c1-3-6-15-9-12-8-14(11(2)19-12)21(17,18)16-10-13-5-4-7-20-13/h8,13,15-16H,3-7,9-10H2,1-2H3. The van der Waals surface area contributed by atoms with Crippen LogP contribution in [0.15, 0.2) is 15.4 Å². The number of sulfonamides is 1. The van der Waals surface area contributed by atoms with E-state index in [1.165, 1.54) is 6.42 Å². The maximum atomic E-state index is 12.4. The molecule has 1 aromatic heterocycles. The molecule has 120 valence electrons. The van der Waals surface area contributed by atoms with E-state index in [0.717, 1.165) is 25.1 Å². The quantitative estimate of drug-likeness (QED) is 0.715. The highest BCUT2D eigenvalue weighted by Crippen LogP contribution is 2.26. The minimum absolute atomic E-state index is 0.263. The summed E-state index contributed by atoms with van der Waals surface area (Å²) >= 11 is 1.84. The Labute approximate surface area is 131 Å².